The summed E-state index contributed by atoms with van der Waals surface area (Å²) in [7, 11) is 0. The van der Waals surface area contributed by atoms with Gasteiger partial charge in [0, 0.05) is 19.2 Å². The third-order valence-corrected chi connectivity index (χ3v) is 1.71. The van der Waals surface area contributed by atoms with Crippen LogP contribution in [0.25, 0.3) is 0 Å². The second kappa shape index (κ2) is 3.18. The standard InChI is InChI=1S/C7H15NO/c1-6-3-4-9-7(2)5-8-6/h6-8H,3-5H2,1-2H3. The highest BCUT2D eigenvalue weighted by molar-refractivity contribution is 4.67. The van der Waals surface area contributed by atoms with Crippen LogP contribution in [0.3, 0.4) is 0 Å². The van der Waals surface area contributed by atoms with Crippen LogP contribution in [0.2, 0.25) is 0 Å². The Morgan fingerprint density at radius 2 is 2.22 bits per heavy atom. The molecule has 2 unspecified atom stereocenters. The molecule has 0 saturated carbocycles. The minimum absolute atomic E-state index is 0.398. The largest absolute Gasteiger partial charge is 0.377 e. The van der Waals surface area contributed by atoms with Crippen molar-refractivity contribution in [1.82, 2.24) is 5.32 Å². The van der Waals surface area contributed by atoms with E-state index in [4.69, 9.17) is 4.74 Å². The van der Waals surface area contributed by atoms with E-state index in [1.165, 1.54) is 0 Å². The predicted molar refractivity (Wildman–Crippen MR) is 37.5 cm³/mol. The van der Waals surface area contributed by atoms with Gasteiger partial charge in [-0.05, 0) is 20.3 Å². The van der Waals surface area contributed by atoms with E-state index in [2.05, 4.69) is 19.2 Å². The topological polar surface area (TPSA) is 21.3 Å². The molecular weight excluding hydrogens is 114 g/mol. The van der Waals surface area contributed by atoms with Crippen molar-refractivity contribution in [3.8, 4) is 0 Å². The fraction of sp³-hybridized carbons (Fsp3) is 1.00. The van der Waals surface area contributed by atoms with Crippen LogP contribution in [0, 0.1) is 0 Å². The van der Waals surface area contributed by atoms with E-state index in [0.717, 1.165) is 19.6 Å². The van der Waals surface area contributed by atoms with Crippen molar-refractivity contribution in [3.05, 3.63) is 0 Å². The van der Waals surface area contributed by atoms with Gasteiger partial charge in [0.1, 0.15) is 0 Å². The SMILES string of the molecule is CC1CCOC(C)CN1. The molecule has 1 aliphatic rings. The summed E-state index contributed by atoms with van der Waals surface area (Å²) >= 11 is 0. The number of hydrogen-bond acceptors (Lipinski definition) is 2. The van der Waals surface area contributed by atoms with Crippen molar-refractivity contribution in [3.63, 3.8) is 0 Å². The van der Waals surface area contributed by atoms with Gasteiger partial charge in [-0.15, -0.1) is 0 Å². The highest BCUT2D eigenvalue weighted by Gasteiger charge is 2.10. The van der Waals surface area contributed by atoms with E-state index in [0.29, 0.717) is 12.1 Å². The third kappa shape index (κ3) is 2.33. The first-order valence-electron chi connectivity index (χ1n) is 3.64. The highest BCUT2D eigenvalue weighted by atomic mass is 16.5. The monoisotopic (exact) mass is 129 g/mol. The summed E-state index contributed by atoms with van der Waals surface area (Å²) in [6, 6.07) is 0.634. The lowest BCUT2D eigenvalue weighted by atomic mass is 10.2. The van der Waals surface area contributed by atoms with Gasteiger partial charge in [-0.3, -0.25) is 0 Å². The van der Waals surface area contributed by atoms with Crippen molar-refractivity contribution in [2.24, 2.45) is 0 Å². The van der Waals surface area contributed by atoms with Crippen molar-refractivity contribution >= 4 is 0 Å². The van der Waals surface area contributed by atoms with E-state index >= 15 is 0 Å². The number of ether oxygens (including phenoxy) is 1. The Morgan fingerprint density at radius 1 is 1.44 bits per heavy atom. The Hall–Kier alpha value is -0.0800. The fourth-order valence-corrected chi connectivity index (χ4v) is 0.974. The summed E-state index contributed by atoms with van der Waals surface area (Å²) in [4.78, 5) is 0. The van der Waals surface area contributed by atoms with Crippen LogP contribution < -0.4 is 5.32 Å². The Labute approximate surface area is 56.6 Å². The molecule has 1 rings (SSSR count). The summed E-state index contributed by atoms with van der Waals surface area (Å²) in [5, 5.41) is 3.37. The van der Waals surface area contributed by atoms with Gasteiger partial charge in [-0.2, -0.15) is 0 Å². The van der Waals surface area contributed by atoms with Gasteiger partial charge in [0.25, 0.3) is 0 Å². The van der Waals surface area contributed by atoms with Crippen molar-refractivity contribution in [2.45, 2.75) is 32.4 Å². The minimum atomic E-state index is 0.398. The molecule has 0 spiro atoms. The van der Waals surface area contributed by atoms with Gasteiger partial charge < -0.3 is 10.1 Å². The quantitative estimate of drug-likeness (QED) is 0.521. The van der Waals surface area contributed by atoms with Gasteiger partial charge in [-0.25, -0.2) is 0 Å². The van der Waals surface area contributed by atoms with Gasteiger partial charge in [-0.1, -0.05) is 0 Å². The second-order valence-electron chi connectivity index (χ2n) is 2.78. The summed E-state index contributed by atoms with van der Waals surface area (Å²) in [5.41, 5.74) is 0. The Kier molecular flexibility index (Phi) is 2.49. The average Bonchev–Trinajstić information content (AvgIpc) is 1.97. The highest BCUT2D eigenvalue weighted by Crippen LogP contribution is 2.00. The van der Waals surface area contributed by atoms with E-state index in [1.54, 1.807) is 0 Å². The maximum absolute atomic E-state index is 5.41. The molecule has 0 aromatic heterocycles. The van der Waals surface area contributed by atoms with E-state index < -0.39 is 0 Å². The number of rotatable bonds is 0. The van der Waals surface area contributed by atoms with Crippen LogP contribution in [-0.2, 0) is 4.74 Å². The molecule has 54 valence electrons. The smallest absolute Gasteiger partial charge is 0.0671 e. The van der Waals surface area contributed by atoms with Gasteiger partial charge in [0.05, 0.1) is 6.10 Å². The number of nitrogens with one attached hydrogen (secondary N) is 1. The Balaban J connectivity index is 2.25. The van der Waals surface area contributed by atoms with Crippen LogP contribution in [0.1, 0.15) is 20.3 Å². The molecule has 2 heteroatoms. The Morgan fingerprint density at radius 3 is 3.00 bits per heavy atom. The molecule has 1 heterocycles. The van der Waals surface area contributed by atoms with Crippen molar-refractivity contribution in [1.29, 1.82) is 0 Å². The lowest BCUT2D eigenvalue weighted by Crippen LogP contribution is -2.29. The number of hydrogen-bond donors (Lipinski definition) is 1. The third-order valence-electron chi connectivity index (χ3n) is 1.71. The fourth-order valence-electron chi connectivity index (χ4n) is 0.974. The molecule has 0 aliphatic carbocycles. The second-order valence-corrected chi connectivity index (χ2v) is 2.78. The first-order chi connectivity index (χ1) is 4.29. The summed E-state index contributed by atoms with van der Waals surface area (Å²) in [5.74, 6) is 0. The van der Waals surface area contributed by atoms with Crippen LogP contribution in [0.5, 0.6) is 0 Å². The molecule has 0 aromatic carbocycles. The molecule has 1 fully saturated rings. The molecule has 0 aromatic rings. The molecule has 1 saturated heterocycles. The van der Waals surface area contributed by atoms with Crippen molar-refractivity contribution < 1.29 is 4.74 Å². The molecule has 0 amide bonds. The molecule has 1 aliphatic heterocycles. The van der Waals surface area contributed by atoms with Gasteiger partial charge in [0.2, 0.25) is 0 Å². The lowest BCUT2D eigenvalue weighted by Gasteiger charge is -2.08. The zero-order valence-corrected chi connectivity index (χ0v) is 6.18. The molecule has 2 nitrogen and oxygen atoms in total. The summed E-state index contributed by atoms with van der Waals surface area (Å²) in [6.07, 6.45) is 1.54. The van der Waals surface area contributed by atoms with E-state index in [-0.39, 0.29) is 0 Å². The average molecular weight is 129 g/mol. The normalized spacial score (nSPS) is 38.0. The molecule has 1 N–H and O–H groups in total. The van der Waals surface area contributed by atoms with Crippen molar-refractivity contribution in [2.75, 3.05) is 13.2 Å². The molecular formula is C7H15NO. The van der Waals surface area contributed by atoms with Crippen LogP contribution in [-0.4, -0.2) is 25.3 Å². The predicted octanol–water partition coefficient (Wildman–Crippen LogP) is 0.773. The minimum Gasteiger partial charge on any atom is -0.377 e. The molecule has 9 heavy (non-hydrogen) atoms. The van der Waals surface area contributed by atoms with Crippen LogP contribution >= 0.6 is 0 Å². The first kappa shape index (κ1) is 7.03. The zero-order chi connectivity index (χ0) is 6.69. The molecule has 0 bridgehead atoms. The van der Waals surface area contributed by atoms with Gasteiger partial charge in [0.15, 0.2) is 0 Å². The molecule has 2 atom stereocenters. The Bertz CT molecular complexity index is 75.0. The zero-order valence-electron chi connectivity index (χ0n) is 6.18. The maximum atomic E-state index is 5.41. The molecule has 0 radical (unpaired) electrons. The van der Waals surface area contributed by atoms with E-state index in [9.17, 15) is 0 Å². The van der Waals surface area contributed by atoms with Crippen LogP contribution in [0.4, 0.5) is 0 Å². The van der Waals surface area contributed by atoms with Crippen LogP contribution in [0.15, 0.2) is 0 Å². The van der Waals surface area contributed by atoms with Gasteiger partial charge >= 0.3 is 0 Å². The maximum Gasteiger partial charge on any atom is 0.0671 e. The summed E-state index contributed by atoms with van der Waals surface area (Å²) in [6.45, 7) is 6.21. The lowest BCUT2D eigenvalue weighted by molar-refractivity contribution is 0.0799. The van der Waals surface area contributed by atoms with E-state index in [1.807, 2.05) is 0 Å². The first-order valence-corrected chi connectivity index (χ1v) is 3.64. The summed E-state index contributed by atoms with van der Waals surface area (Å²) < 4.78 is 5.41.